The molecule has 2 rings (SSSR count). The number of aryl methyl sites for hydroxylation is 1. The van der Waals surface area contributed by atoms with Crippen LogP contribution in [0.3, 0.4) is 0 Å². The van der Waals surface area contributed by atoms with Gasteiger partial charge in [-0.1, -0.05) is 0 Å². The third-order valence-corrected chi connectivity index (χ3v) is 2.92. The van der Waals surface area contributed by atoms with Crippen molar-refractivity contribution in [3.8, 4) is 0 Å². The van der Waals surface area contributed by atoms with Gasteiger partial charge >= 0.3 is 5.97 Å². The Labute approximate surface area is 111 Å². The molecule has 0 spiro atoms. The highest BCUT2D eigenvalue weighted by Crippen LogP contribution is 2.07. The highest BCUT2D eigenvalue weighted by atomic mass is 16.4. The minimum atomic E-state index is -0.945. The lowest BCUT2D eigenvalue weighted by atomic mass is 10.2. The van der Waals surface area contributed by atoms with E-state index in [0.717, 1.165) is 13.0 Å². The van der Waals surface area contributed by atoms with E-state index in [2.05, 4.69) is 15.4 Å². The van der Waals surface area contributed by atoms with E-state index in [9.17, 15) is 4.79 Å². The van der Waals surface area contributed by atoms with Crippen LogP contribution >= 0.6 is 0 Å². The van der Waals surface area contributed by atoms with Crippen molar-refractivity contribution in [2.45, 2.75) is 13.0 Å². The highest BCUT2D eigenvalue weighted by Gasteiger charge is 2.13. The Morgan fingerprint density at radius 2 is 2.16 bits per heavy atom. The van der Waals surface area contributed by atoms with Gasteiger partial charge in [-0.15, -0.1) is 0 Å². The highest BCUT2D eigenvalue weighted by molar-refractivity contribution is 5.88. The molecule has 0 aliphatic rings. The van der Waals surface area contributed by atoms with Crippen LogP contribution < -0.4 is 5.32 Å². The quantitative estimate of drug-likeness (QED) is 0.752. The number of aromatic nitrogens is 3. The zero-order valence-electron chi connectivity index (χ0n) is 10.7. The first-order chi connectivity index (χ1) is 9.18. The fourth-order valence-electron chi connectivity index (χ4n) is 1.84. The van der Waals surface area contributed by atoms with Crippen LogP contribution in [0.2, 0.25) is 0 Å². The van der Waals surface area contributed by atoms with Crippen molar-refractivity contribution in [1.82, 2.24) is 20.1 Å². The van der Waals surface area contributed by atoms with Crippen LogP contribution in [-0.2, 0) is 20.0 Å². The summed E-state index contributed by atoms with van der Waals surface area (Å²) in [6, 6.07) is 3.93. The lowest BCUT2D eigenvalue weighted by Gasteiger charge is -2.06. The van der Waals surface area contributed by atoms with Crippen LogP contribution in [-0.4, -0.2) is 32.4 Å². The molecule has 100 valence electrons. The van der Waals surface area contributed by atoms with E-state index in [-0.39, 0.29) is 5.56 Å². The summed E-state index contributed by atoms with van der Waals surface area (Å²) in [5.74, 6) is -0.945. The maximum absolute atomic E-state index is 11.0. The number of nitrogens with one attached hydrogen (secondary N) is 1. The van der Waals surface area contributed by atoms with Crippen LogP contribution in [0.25, 0.3) is 0 Å². The summed E-state index contributed by atoms with van der Waals surface area (Å²) >= 11 is 0. The molecule has 0 unspecified atom stereocenters. The Kier molecular flexibility index (Phi) is 4.25. The second kappa shape index (κ2) is 6.10. The molecule has 0 aliphatic carbocycles. The van der Waals surface area contributed by atoms with Crippen LogP contribution in [0.15, 0.2) is 30.7 Å². The molecule has 0 radical (unpaired) electrons. The van der Waals surface area contributed by atoms with Gasteiger partial charge in [0.2, 0.25) is 0 Å². The van der Waals surface area contributed by atoms with Gasteiger partial charge in [0, 0.05) is 26.0 Å². The van der Waals surface area contributed by atoms with E-state index in [1.807, 2.05) is 12.1 Å². The molecular formula is C13H16N4O2. The summed E-state index contributed by atoms with van der Waals surface area (Å²) in [6.45, 7) is 1.26. The predicted molar refractivity (Wildman–Crippen MR) is 69.8 cm³/mol. The first-order valence-electron chi connectivity index (χ1n) is 6.02. The van der Waals surface area contributed by atoms with Gasteiger partial charge in [0.15, 0.2) is 0 Å². The SMILES string of the molecule is Cn1ncc(C(=O)O)c1CNCCc1ccncc1. The van der Waals surface area contributed by atoms with E-state index in [1.54, 1.807) is 24.1 Å². The van der Waals surface area contributed by atoms with Crippen LogP contribution in [0.5, 0.6) is 0 Å². The third kappa shape index (κ3) is 3.38. The van der Waals surface area contributed by atoms with Gasteiger partial charge in [0.05, 0.1) is 11.9 Å². The van der Waals surface area contributed by atoms with Gasteiger partial charge < -0.3 is 10.4 Å². The van der Waals surface area contributed by atoms with E-state index >= 15 is 0 Å². The van der Waals surface area contributed by atoms with Crippen molar-refractivity contribution in [2.24, 2.45) is 7.05 Å². The minimum Gasteiger partial charge on any atom is -0.478 e. The summed E-state index contributed by atoms with van der Waals surface area (Å²) in [5.41, 5.74) is 2.13. The summed E-state index contributed by atoms with van der Waals surface area (Å²) in [7, 11) is 1.74. The normalized spacial score (nSPS) is 10.6. The second-order valence-electron chi connectivity index (χ2n) is 4.22. The number of pyridine rings is 1. The summed E-state index contributed by atoms with van der Waals surface area (Å²) in [5, 5.41) is 16.2. The van der Waals surface area contributed by atoms with E-state index in [4.69, 9.17) is 5.11 Å². The van der Waals surface area contributed by atoms with Gasteiger partial charge in [-0.2, -0.15) is 5.10 Å². The fraction of sp³-hybridized carbons (Fsp3) is 0.308. The Morgan fingerprint density at radius 3 is 2.84 bits per heavy atom. The summed E-state index contributed by atoms with van der Waals surface area (Å²) in [4.78, 5) is 15.0. The average molecular weight is 260 g/mol. The maximum atomic E-state index is 11.0. The zero-order valence-corrected chi connectivity index (χ0v) is 10.7. The lowest BCUT2D eigenvalue weighted by Crippen LogP contribution is -2.20. The summed E-state index contributed by atoms with van der Waals surface area (Å²) < 4.78 is 1.59. The average Bonchev–Trinajstić information content (AvgIpc) is 2.77. The molecule has 2 aromatic rings. The number of carboxylic acid groups (broad SMARTS) is 1. The van der Waals surface area contributed by atoms with Crippen molar-refractivity contribution < 1.29 is 9.90 Å². The van der Waals surface area contributed by atoms with Gasteiger partial charge in [0.1, 0.15) is 5.56 Å². The molecule has 0 aromatic carbocycles. The monoisotopic (exact) mass is 260 g/mol. The maximum Gasteiger partial charge on any atom is 0.339 e. The van der Waals surface area contributed by atoms with Crippen molar-refractivity contribution in [3.63, 3.8) is 0 Å². The van der Waals surface area contributed by atoms with E-state index in [0.29, 0.717) is 12.2 Å². The molecule has 0 amide bonds. The molecule has 2 aromatic heterocycles. The second-order valence-corrected chi connectivity index (χ2v) is 4.22. The molecule has 0 saturated carbocycles. The number of carbonyl (C=O) groups is 1. The molecule has 6 heteroatoms. The van der Waals surface area contributed by atoms with Crippen molar-refractivity contribution in [2.75, 3.05) is 6.54 Å². The molecule has 2 N–H and O–H groups in total. The molecule has 0 aliphatic heterocycles. The predicted octanol–water partition coefficient (Wildman–Crippen LogP) is 0.846. The number of carboxylic acids is 1. The Bertz CT molecular complexity index is 551. The van der Waals surface area contributed by atoms with Gasteiger partial charge in [0.25, 0.3) is 0 Å². The molecule has 0 fully saturated rings. The van der Waals surface area contributed by atoms with Gasteiger partial charge in [-0.25, -0.2) is 4.79 Å². The van der Waals surface area contributed by atoms with Crippen LogP contribution in [0, 0.1) is 0 Å². The fourth-order valence-corrected chi connectivity index (χ4v) is 1.84. The van der Waals surface area contributed by atoms with Crippen LogP contribution in [0.1, 0.15) is 21.6 Å². The summed E-state index contributed by atoms with van der Waals surface area (Å²) in [6.07, 6.45) is 5.78. The van der Waals surface area contributed by atoms with Crippen LogP contribution in [0.4, 0.5) is 0 Å². The Morgan fingerprint density at radius 1 is 1.42 bits per heavy atom. The standard InChI is InChI=1S/C13H16N4O2/c1-17-12(11(8-16-17)13(18)19)9-15-7-4-10-2-5-14-6-3-10/h2-3,5-6,8,15H,4,7,9H2,1H3,(H,18,19). The molecular weight excluding hydrogens is 244 g/mol. The smallest absolute Gasteiger partial charge is 0.339 e. The van der Waals surface area contributed by atoms with Gasteiger partial charge in [-0.3, -0.25) is 9.67 Å². The number of aromatic carboxylic acids is 1. The number of rotatable bonds is 6. The minimum absolute atomic E-state index is 0.249. The molecule has 2 heterocycles. The topological polar surface area (TPSA) is 80.0 Å². The molecule has 0 bridgehead atoms. The van der Waals surface area contributed by atoms with E-state index < -0.39 is 5.97 Å². The van der Waals surface area contributed by atoms with Crippen molar-refractivity contribution in [3.05, 3.63) is 47.5 Å². The lowest BCUT2D eigenvalue weighted by molar-refractivity contribution is 0.0695. The van der Waals surface area contributed by atoms with Crippen molar-refractivity contribution >= 4 is 5.97 Å². The number of hydrogen-bond acceptors (Lipinski definition) is 4. The largest absolute Gasteiger partial charge is 0.478 e. The number of hydrogen-bond donors (Lipinski definition) is 2. The number of nitrogens with zero attached hydrogens (tertiary/aromatic N) is 3. The molecule has 0 saturated heterocycles. The molecule has 6 nitrogen and oxygen atoms in total. The van der Waals surface area contributed by atoms with Gasteiger partial charge in [-0.05, 0) is 30.7 Å². The van der Waals surface area contributed by atoms with Crippen molar-refractivity contribution in [1.29, 1.82) is 0 Å². The zero-order chi connectivity index (χ0) is 13.7. The third-order valence-electron chi connectivity index (χ3n) is 2.92. The Balaban J connectivity index is 1.86. The first kappa shape index (κ1) is 13.2. The Hall–Kier alpha value is -2.21. The first-order valence-corrected chi connectivity index (χ1v) is 6.02. The molecule has 0 atom stereocenters. The van der Waals surface area contributed by atoms with E-state index in [1.165, 1.54) is 11.8 Å². The molecule has 19 heavy (non-hydrogen) atoms.